The van der Waals surface area contributed by atoms with Crippen LogP contribution in [0.25, 0.3) is 0 Å². The van der Waals surface area contributed by atoms with Crippen molar-refractivity contribution in [2.45, 2.75) is 38.6 Å². The standard InChI is InChI=1S/C18H25N3O2/c22-17(15-7-9-19-10-8-15)20-12-13-3-1-6-16(11-13)21-18(23)14-4-2-5-14/h1,3,6,11,14-15,19H,2,4-5,7-10,12H2,(H,20,22)(H,21,23). The fourth-order valence-electron chi connectivity index (χ4n) is 3.09. The molecule has 1 aliphatic carbocycles. The van der Waals surface area contributed by atoms with Gasteiger partial charge in [-0.15, -0.1) is 0 Å². The number of anilines is 1. The second-order valence-corrected chi connectivity index (χ2v) is 6.56. The first-order valence-electron chi connectivity index (χ1n) is 8.60. The Morgan fingerprint density at radius 2 is 1.78 bits per heavy atom. The van der Waals surface area contributed by atoms with Gasteiger partial charge in [-0.1, -0.05) is 18.6 Å². The van der Waals surface area contributed by atoms with Gasteiger partial charge in [0.2, 0.25) is 11.8 Å². The summed E-state index contributed by atoms with van der Waals surface area (Å²) in [5.74, 6) is 0.554. The lowest BCUT2D eigenvalue weighted by Gasteiger charge is -2.24. The van der Waals surface area contributed by atoms with Gasteiger partial charge in [0, 0.05) is 24.1 Å². The minimum atomic E-state index is 0.118. The van der Waals surface area contributed by atoms with Gasteiger partial charge in [-0.2, -0.15) is 0 Å². The molecule has 124 valence electrons. The summed E-state index contributed by atoms with van der Waals surface area (Å²) in [6.45, 7) is 2.34. The van der Waals surface area contributed by atoms with E-state index in [1.165, 1.54) is 0 Å². The predicted octanol–water partition coefficient (Wildman–Crippen LogP) is 2.04. The maximum absolute atomic E-state index is 12.2. The summed E-state index contributed by atoms with van der Waals surface area (Å²) in [6, 6.07) is 7.73. The average Bonchev–Trinajstić information content (AvgIpc) is 2.52. The molecule has 0 radical (unpaired) electrons. The number of nitrogens with one attached hydrogen (secondary N) is 3. The zero-order valence-corrected chi connectivity index (χ0v) is 13.4. The van der Waals surface area contributed by atoms with Crippen LogP contribution in [0.3, 0.4) is 0 Å². The number of hydrogen-bond acceptors (Lipinski definition) is 3. The van der Waals surface area contributed by atoms with Crippen molar-refractivity contribution in [3.05, 3.63) is 29.8 Å². The number of carbonyl (C=O) groups excluding carboxylic acids is 2. The van der Waals surface area contributed by atoms with Crippen LogP contribution in [-0.4, -0.2) is 24.9 Å². The van der Waals surface area contributed by atoms with Crippen LogP contribution in [0, 0.1) is 11.8 Å². The summed E-state index contributed by atoms with van der Waals surface area (Å²) in [5, 5.41) is 9.26. The van der Waals surface area contributed by atoms with E-state index in [0.717, 1.165) is 56.4 Å². The van der Waals surface area contributed by atoms with E-state index in [9.17, 15) is 9.59 Å². The molecule has 1 heterocycles. The molecule has 0 bridgehead atoms. The molecule has 5 nitrogen and oxygen atoms in total. The molecule has 2 fully saturated rings. The lowest BCUT2D eigenvalue weighted by Crippen LogP contribution is -2.37. The van der Waals surface area contributed by atoms with Crippen molar-refractivity contribution in [1.82, 2.24) is 10.6 Å². The second-order valence-electron chi connectivity index (χ2n) is 6.56. The van der Waals surface area contributed by atoms with Crippen LogP contribution in [0.15, 0.2) is 24.3 Å². The predicted molar refractivity (Wildman–Crippen MR) is 89.9 cm³/mol. The second kappa shape index (κ2) is 7.59. The number of benzene rings is 1. The molecular formula is C18H25N3O2. The molecule has 0 spiro atoms. The molecule has 0 atom stereocenters. The summed E-state index contributed by atoms with van der Waals surface area (Å²) < 4.78 is 0. The number of carbonyl (C=O) groups is 2. The van der Waals surface area contributed by atoms with E-state index in [1.54, 1.807) is 0 Å². The summed E-state index contributed by atoms with van der Waals surface area (Å²) in [6.07, 6.45) is 4.96. The lowest BCUT2D eigenvalue weighted by molar-refractivity contribution is -0.126. The molecule has 2 amide bonds. The molecule has 0 unspecified atom stereocenters. The number of rotatable bonds is 5. The average molecular weight is 315 g/mol. The number of hydrogen-bond donors (Lipinski definition) is 3. The number of piperidine rings is 1. The molecule has 1 saturated carbocycles. The first-order valence-corrected chi connectivity index (χ1v) is 8.60. The Morgan fingerprint density at radius 1 is 1.04 bits per heavy atom. The van der Waals surface area contributed by atoms with E-state index < -0.39 is 0 Å². The summed E-state index contributed by atoms with van der Waals surface area (Å²) in [4.78, 5) is 24.2. The molecule has 1 aliphatic heterocycles. The van der Waals surface area contributed by atoms with Crippen LogP contribution in [-0.2, 0) is 16.1 Å². The topological polar surface area (TPSA) is 70.2 Å². The summed E-state index contributed by atoms with van der Waals surface area (Å²) in [7, 11) is 0. The van der Waals surface area contributed by atoms with Gasteiger partial charge in [0.25, 0.3) is 0 Å². The summed E-state index contributed by atoms with van der Waals surface area (Å²) in [5.41, 5.74) is 1.83. The highest BCUT2D eigenvalue weighted by atomic mass is 16.2. The third-order valence-electron chi connectivity index (χ3n) is 4.85. The molecule has 1 saturated heterocycles. The van der Waals surface area contributed by atoms with Gasteiger partial charge in [0.1, 0.15) is 0 Å². The third-order valence-corrected chi connectivity index (χ3v) is 4.85. The fourth-order valence-corrected chi connectivity index (χ4v) is 3.09. The lowest BCUT2D eigenvalue weighted by atomic mass is 9.85. The molecule has 23 heavy (non-hydrogen) atoms. The minimum absolute atomic E-state index is 0.118. The van der Waals surface area contributed by atoms with E-state index in [2.05, 4.69) is 16.0 Å². The molecular weight excluding hydrogens is 290 g/mol. The van der Waals surface area contributed by atoms with Crippen LogP contribution in [0.2, 0.25) is 0 Å². The van der Waals surface area contributed by atoms with Gasteiger partial charge in [-0.05, 0) is 56.5 Å². The molecule has 1 aromatic rings. The SMILES string of the molecule is O=C(NCc1cccc(NC(=O)C2CCC2)c1)C1CCNCC1. The maximum atomic E-state index is 12.2. The highest BCUT2D eigenvalue weighted by molar-refractivity contribution is 5.93. The fraction of sp³-hybridized carbons (Fsp3) is 0.556. The van der Waals surface area contributed by atoms with E-state index in [1.807, 2.05) is 24.3 Å². The molecule has 1 aromatic carbocycles. The van der Waals surface area contributed by atoms with Crippen molar-refractivity contribution >= 4 is 17.5 Å². The molecule has 2 aliphatic rings. The van der Waals surface area contributed by atoms with E-state index in [4.69, 9.17) is 0 Å². The molecule has 5 heteroatoms. The Labute approximate surface area is 137 Å². The van der Waals surface area contributed by atoms with Crippen molar-refractivity contribution in [2.75, 3.05) is 18.4 Å². The quantitative estimate of drug-likeness (QED) is 0.779. The zero-order chi connectivity index (χ0) is 16.1. The van der Waals surface area contributed by atoms with Crippen LogP contribution >= 0.6 is 0 Å². The Morgan fingerprint density at radius 3 is 2.48 bits per heavy atom. The van der Waals surface area contributed by atoms with E-state index in [-0.39, 0.29) is 23.7 Å². The van der Waals surface area contributed by atoms with Gasteiger partial charge >= 0.3 is 0 Å². The highest BCUT2D eigenvalue weighted by Crippen LogP contribution is 2.27. The van der Waals surface area contributed by atoms with Gasteiger partial charge in [0.05, 0.1) is 0 Å². The largest absolute Gasteiger partial charge is 0.352 e. The first kappa shape index (κ1) is 16.0. The Balaban J connectivity index is 1.50. The first-order chi connectivity index (χ1) is 11.2. The Hall–Kier alpha value is -1.88. The van der Waals surface area contributed by atoms with Gasteiger partial charge in [0.15, 0.2) is 0 Å². The van der Waals surface area contributed by atoms with E-state index >= 15 is 0 Å². The van der Waals surface area contributed by atoms with Crippen LogP contribution in [0.5, 0.6) is 0 Å². The van der Waals surface area contributed by atoms with Crippen molar-refractivity contribution in [2.24, 2.45) is 11.8 Å². The molecule has 3 N–H and O–H groups in total. The minimum Gasteiger partial charge on any atom is -0.352 e. The maximum Gasteiger partial charge on any atom is 0.227 e. The summed E-state index contributed by atoms with van der Waals surface area (Å²) >= 11 is 0. The normalized spacial score (nSPS) is 19.0. The highest BCUT2D eigenvalue weighted by Gasteiger charge is 2.25. The van der Waals surface area contributed by atoms with Crippen molar-refractivity contribution < 1.29 is 9.59 Å². The smallest absolute Gasteiger partial charge is 0.227 e. The van der Waals surface area contributed by atoms with Crippen LogP contribution in [0.4, 0.5) is 5.69 Å². The van der Waals surface area contributed by atoms with Gasteiger partial charge < -0.3 is 16.0 Å². The number of amides is 2. The Kier molecular flexibility index (Phi) is 5.28. The van der Waals surface area contributed by atoms with Crippen molar-refractivity contribution in [1.29, 1.82) is 0 Å². The van der Waals surface area contributed by atoms with Gasteiger partial charge in [-0.25, -0.2) is 0 Å². The van der Waals surface area contributed by atoms with Crippen LogP contribution in [0.1, 0.15) is 37.7 Å². The van der Waals surface area contributed by atoms with Crippen LogP contribution < -0.4 is 16.0 Å². The van der Waals surface area contributed by atoms with Crippen molar-refractivity contribution in [3.63, 3.8) is 0 Å². The van der Waals surface area contributed by atoms with Gasteiger partial charge in [-0.3, -0.25) is 9.59 Å². The third kappa shape index (κ3) is 4.32. The monoisotopic (exact) mass is 315 g/mol. The Bertz CT molecular complexity index is 563. The van der Waals surface area contributed by atoms with E-state index in [0.29, 0.717) is 6.54 Å². The van der Waals surface area contributed by atoms with Crippen molar-refractivity contribution in [3.8, 4) is 0 Å². The molecule has 3 rings (SSSR count). The zero-order valence-electron chi connectivity index (χ0n) is 13.4. The molecule has 0 aromatic heterocycles.